The molecule has 0 atom stereocenters. The van der Waals surface area contributed by atoms with Gasteiger partial charge in [-0.25, -0.2) is 4.98 Å². The van der Waals surface area contributed by atoms with Crippen molar-refractivity contribution in [2.24, 2.45) is 0 Å². The average molecular weight is 308 g/mol. The number of hydrogen-bond acceptors (Lipinski definition) is 5. The minimum absolute atomic E-state index is 0.246. The summed E-state index contributed by atoms with van der Waals surface area (Å²) in [5, 5.41) is 3.05. The van der Waals surface area contributed by atoms with E-state index in [4.69, 9.17) is 10.5 Å². The Kier molecular flexibility index (Phi) is 3.97. The lowest BCUT2D eigenvalue weighted by Crippen LogP contribution is -2.10. The molecule has 23 heavy (non-hydrogen) atoms. The van der Waals surface area contributed by atoms with E-state index < -0.39 is 0 Å². The van der Waals surface area contributed by atoms with Gasteiger partial charge in [0.25, 0.3) is 5.56 Å². The van der Waals surface area contributed by atoms with Crippen molar-refractivity contribution >= 4 is 17.3 Å². The molecule has 1 aromatic heterocycles. The first-order chi connectivity index (χ1) is 11.1. The highest BCUT2D eigenvalue weighted by Crippen LogP contribution is 2.22. The van der Waals surface area contributed by atoms with Crippen LogP contribution in [0.1, 0.15) is 0 Å². The number of ether oxygens (including phenoxy) is 1. The number of benzene rings is 2. The molecule has 0 unspecified atom stereocenters. The van der Waals surface area contributed by atoms with Gasteiger partial charge in [0, 0.05) is 23.0 Å². The fourth-order valence-corrected chi connectivity index (χ4v) is 2.20. The summed E-state index contributed by atoms with van der Waals surface area (Å²) >= 11 is 0. The standard InChI is InChI=1S/C17H16N4O2/c1-23-14-7-2-4-11(8-14)15-10-16(22)21-17(20-15)19-13-6-3-5-12(18)9-13/h2-10H,18H2,1H3,(H2,19,20,21,22). The maximum Gasteiger partial charge on any atom is 0.252 e. The second-order valence-corrected chi connectivity index (χ2v) is 4.96. The Hall–Kier alpha value is -3.28. The summed E-state index contributed by atoms with van der Waals surface area (Å²) in [5.74, 6) is 1.05. The minimum Gasteiger partial charge on any atom is -0.497 e. The largest absolute Gasteiger partial charge is 0.497 e. The van der Waals surface area contributed by atoms with E-state index in [1.165, 1.54) is 6.07 Å². The van der Waals surface area contributed by atoms with Crippen LogP contribution in [-0.2, 0) is 0 Å². The first-order valence-electron chi connectivity index (χ1n) is 7.02. The van der Waals surface area contributed by atoms with Crippen molar-refractivity contribution in [2.45, 2.75) is 0 Å². The molecule has 0 aliphatic carbocycles. The number of H-pyrrole nitrogens is 1. The number of methoxy groups -OCH3 is 1. The minimum atomic E-state index is -0.246. The molecule has 0 fully saturated rings. The molecule has 0 aliphatic rings. The first kappa shape index (κ1) is 14.6. The second kappa shape index (κ2) is 6.23. The Morgan fingerprint density at radius 3 is 2.74 bits per heavy atom. The molecule has 0 amide bonds. The zero-order valence-corrected chi connectivity index (χ0v) is 12.5. The number of anilines is 3. The number of nitrogens with two attached hydrogens (primary N) is 1. The monoisotopic (exact) mass is 308 g/mol. The van der Waals surface area contributed by atoms with Crippen LogP contribution >= 0.6 is 0 Å². The molecule has 4 N–H and O–H groups in total. The Bertz CT molecular complexity index is 890. The van der Waals surface area contributed by atoms with Gasteiger partial charge in [0.2, 0.25) is 5.95 Å². The van der Waals surface area contributed by atoms with Crippen molar-refractivity contribution in [1.82, 2.24) is 9.97 Å². The van der Waals surface area contributed by atoms with Crippen LogP contribution in [0.15, 0.2) is 59.4 Å². The van der Waals surface area contributed by atoms with Crippen LogP contribution in [0.2, 0.25) is 0 Å². The third-order valence-corrected chi connectivity index (χ3v) is 3.26. The van der Waals surface area contributed by atoms with E-state index >= 15 is 0 Å². The zero-order valence-electron chi connectivity index (χ0n) is 12.5. The van der Waals surface area contributed by atoms with Crippen LogP contribution in [0.25, 0.3) is 11.3 Å². The van der Waals surface area contributed by atoms with Crippen molar-refractivity contribution in [3.8, 4) is 17.0 Å². The van der Waals surface area contributed by atoms with Crippen molar-refractivity contribution < 1.29 is 4.74 Å². The van der Waals surface area contributed by atoms with E-state index in [0.717, 1.165) is 11.3 Å². The fraction of sp³-hybridized carbons (Fsp3) is 0.0588. The summed E-state index contributed by atoms with van der Waals surface area (Å²) in [6.45, 7) is 0. The molecule has 6 heteroatoms. The number of nitrogens with one attached hydrogen (secondary N) is 2. The van der Waals surface area contributed by atoms with E-state index in [0.29, 0.717) is 23.1 Å². The smallest absolute Gasteiger partial charge is 0.252 e. The Labute approximate surface area is 133 Å². The predicted molar refractivity (Wildman–Crippen MR) is 91.0 cm³/mol. The van der Waals surface area contributed by atoms with Gasteiger partial charge >= 0.3 is 0 Å². The number of aromatic nitrogens is 2. The van der Waals surface area contributed by atoms with Gasteiger partial charge in [-0.05, 0) is 30.3 Å². The molecule has 2 aromatic carbocycles. The Morgan fingerprint density at radius 2 is 1.96 bits per heavy atom. The van der Waals surface area contributed by atoms with Crippen LogP contribution in [0, 0.1) is 0 Å². The van der Waals surface area contributed by atoms with Crippen molar-refractivity contribution in [3.05, 3.63) is 65.0 Å². The highest BCUT2D eigenvalue weighted by molar-refractivity contribution is 5.64. The molecule has 3 aromatic rings. The van der Waals surface area contributed by atoms with Gasteiger partial charge in [0.15, 0.2) is 0 Å². The highest BCUT2D eigenvalue weighted by atomic mass is 16.5. The Morgan fingerprint density at radius 1 is 1.13 bits per heavy atom. The summed E-state index contributed by atoms with van der Waals surface area (Å²) in [5.41, 5.74) is 8.23. The number of nitrogen functional groups attached to an aromatic ring is 1. The van der Waals surface area contributed by atoms with Crippen LogP contribution in [0.3, 0.4) is 0 Å². The summed E-state index contributed by atoms with van der Waals surface area (Å²) in [4.78, 5) is 19.0. The summed E-state index contributed by atoms with van der Waals surface area (Å²) in [7, 11) is 1.59. The molecule has 116 valence electrons. The third-order valence-electron chi connectivity index (χ3n) is 3.26. The van der Waals surface area contributed by atoms with Gasteiger partial charge in [-0.15, -0.1) is 0 Å². The highest BCUT2D eigenvalue weighted by Gasteiger charge is 2.06. The van der Waals surface area contributed by atoms with Gasteiger partial charge in [-0.1, -0.05) is 18.2 Å². The lowest BCUT2D eigenvalue weighted by molar-refractivity contribution is 0.415. The zero-order chi connectivity index (χ0) is 16.2. The topological polar surface area (TPSA) is 93.0 Å². The molecule has 3 rings (SSSR count). The molecule has 0 saturated heterocycles. The summed E-state index contributed by atoms with van der Waals surface area (Å²) < 4.78 is 5.20. The van der Waals surface area contributed by atoms with Crippen LogP contribution in [0.4, 0.5) is 17.3 Å². The van der Waals surface area contributed by atoms with Gasteiger partial charge in [0.05, 0.1) is 12.8 Å². The molecule has 0 spiro atoms. The number of hydrogen-bond donors (Lipinski definition) is 3. The molecule has 0 bridgehead atoms. The fourth-order valence-electron chi connectivity index (χ4n) is 2.20. The van der Waals surface area contributed by atoms with Crippen molar-refractivity contribution in [1.29, 1.82) is 0 Å². The Balaban J connectivity index is 1.97. The van der Waals surface area contributed by atoms with Gasteiger partial charge < -0.3 is 15.8 Å². The van der Waals surface area contributed by atoms with Crippen LogP contribution < -0.4 is 21.3 Å². The number of aromatic amines is 1. The quantitative estimate of drug-likeness (QED) is 0.644. The molecule has 6 nitrogen and oxygen atoms in total. The maximum absolute atomic E-state index is 11.9. The van der Waals surface area contributed by atoms with Gasteiger partial charge in [-0.3, -0.25) is 9.78 Å². The molecule has 1 heterocycles. The van der Waals surface area contributed by atoms with Gasteiger partial charge in [-0.2, -0.15) is 0 Å². The third kappa shape index (κ3) is 3.49. The van der Waals surface area contributed by atoms with E-state index in [1.807, 2.05) is 36.4 Å². The summed E-state index contributed by atoms with van der Waals surface area (Å²) in [6.07, 6.45) is 0. The molecule has 0 radical (unpaired) electrons. The average Bonchev–Trinajstić information content (AvgIpc) is 2.54. The first-order valence-corrected chi connectivity index (χ1v) is 7.02. The van der Waals surface area contributed by atoms with Crippen LogP contribution in [0.5, 0.6) is 5.75 Å². The maximum atomic E-state index is 11.9. The molecule has 0 aliphatic heterocycles. The lowest BCUT2D eigenvalue weighted by atomic mass is 10.1. The van der Waals surface area contributed by atoms with Crippen molar-refractivity contribution in [3.63, 3.8) is 0 Å². The predicted octanol–water partition coefficient (Wildman–Crippen LogP) is 2.77. The SMILES string of the molecule is COc1cccc(-c2cc(=O)[nH]c(Nc3cccc(N)c3)n2)c1. The molecule has 0 saturated carbocycles. The second-order valence-electron chi connectivity index (χ2n) is 4.96. The molecular formula is C17H16N4O2. The normalized spacial score (nSPS) is 10.3. The number of nitrogens with zero attached hydrogens (tertiary/aromatic N) is 1. The lowest BCUT2D eigenvalue weighted by Gasteiger charge is -2.08. The van der Waals surface area contributed by atoms with Gasteiger partial charge in [0.1, 0.15) is 5.75 Å². The van der Waals surface area contributed by atoms with Crippen molar-refractivity contribution in [2.75, 3.05) is 18.2 Å². The van der Waals surface area contributed by atoms with E-state index in [-0.39, 0.29) is 5.56 Å². The van der Waals surface area contributed by atoms with E-state index in [1.54, 1.807) is 19.2 Å². The molecular weight excluding hydrogens is 292 g/mol. The van der Waals surface area contributed by atoms with Crippen LogP contribution in [-0.4, -0.2) is 17.1 Å². The summed E-state index contributed by atoms with van der Waals surface area (Å²) in [6, 6.07) is 16.0. The van der Waals surface area contributed by atoms with E-state index in [2.05, 4.69) is 15.3 Å². The van der Waals surface area contributed by atoms with E-state index in [9.17, 15) is 4.79 Å². The number of rotatable bonds is 4.